The Kier molecular flexibility index (Phi) is 6.14. The molecule has 0 fully saturated rings. The molecule has 5 nitrogen and oxygen atoms in total. The van der Waals surface area contributed by atoms with Gasteiger partial charge in [0, 0.05) is 22.0 Å². The number of carbonyl (C=O) groups is 1. The molecule has 0 radical (unpaired) electrons. The van der Waals surface area contributed by atoms with Gasteiger partial charge < -0.3 is 19.1 Å². The second-order valence-electron chi connectivity index (χ2n) is 8.67. The summed E-state index contributed by atoms with van der Waals surface area (Å²) in [4.78, 5) is 12.3. The standard InChI is InChI=1S/C28H29NO4/c1-19-26(27(31)32-4)24-18-22(30)12-15-25(24)29(19)16-17-33-23-13-10-21(11-14-23)28(2,3)20-8-6-5-7-9-20/h5-15,18,30H,16-17H2,1-4H3. The lowest BCUT2D eigenvalue weighted by Crippen LogP contribution is -2.18. The van der Waals surface area contributed by atoms with Gasteiger partial charge in [0.15, 0.2) is 0 Å². The summed E-state index contributed by atoms with van der Waals surface area (Å²) in [6.45, 7) is 7.31. The maximum atomic E-state index is 12.3. The van der Waals surface area contributed by atoms with Crippen LogP contribution in [-0.4, -0.2) is 29.4 Å². The number of phenols is 1. The molecule has 0 atom stereocenters. The summed E-state index contributed by atoms with van der Waals surface area (Å²) in [5.74, 6) is 0.488. The molecule has 0 aliphatic rings. The van der Waals surface area contributed by atoms with Gasteiger partial charge in [-0.15, -0.1) is 0 Å². The highest BCUT2D eigenvalue weighted by Crippen LogP contribution is 2.32. The number of nitrogens with zero attached hydrogens (tertiary/aromatic N) is 1. The van der Waals surface area contributed by atoms with Crippen LogP contribution in [0.4, 0.5) is 0 Å². The van der Waals surface area contributed by atoms with E-state index in [2.05, 4.69) is 50.2 Å². The quantitative estimate of drug-likeness (QED) is 0.364. The number of fused-ring (bicyclic) bond motifs is 1. The number of aromatic nitrogens is 1. The summed E-state index contributed by atoms with van der Waals surface area (Å²) in [5, 5.41) is 10.6. The van der Waals surface area contributed by atoms with Crippen molar-refractivity contribution in [2.75, 3.05) is 13.7 Å². The van der Waals surface area contributed by atoms with E-state index in [4.69, 9.17) is 9.47 Å². The number of aromatic hydroxyl groups is 1. The molecule has 33 heavy (non-hydrogen) atoms. The van der Waals surface area contributed by atoms with Crippen molar-refractivity contribution in [1.29, 1.82) is 0 Å². The molecule has 5 heteroatoms. The van der Waals surface area contributed by atoms with Crippen molar-refractivity contribution in [1.82, 2.24) is 4.57 Å². The molecule has 4 rings (SSSR count). The van der Waals surface area contributed by atoms with E-state index in [1.54, 1.807) is 12.1 Å². The van der Waals surface area contributed by atoms with E-state index in [0.717, 1.165) is 17.0 Å². The zero-order chi connectivity index (χ0) is 23.6. The highest BCUT2D eigenvalue weighted by atomic mass is 16.5. The second-order valence-corrected chi connectivity index (χ2v) is 8.67. The zero-order valence-corrected chi connectivity index (χ0v) is 19.5. The van der Waals surface area contributed by atoms with Crippen LogP contribution in [0.2, 0.25) is 0 Å². The monoisotopic (exact) mass is 443 g/mol. The lowest BCUT2D eigenvalue weighted by Gasteiger charge is -2.26. The molecule has 0 amide bonds. The summed E-state index contributed by atoms with van der Waals surface area (Å²) in [6, 6.07) is 23.7. The molecule has 3 aromatic carbocycles. The third kappa shape index (κ3) is 4.31. The molecule has 0 spiro atoms. The molecule has 0 saturated carbocycles. The first-order valence-electron chi connectivity index (χ1n) is 11.0. The van der Waals surface area contributed by atoms with E-state index in [-0.39, 0.29) is 11.2 Å². The van der Waals surface area contributed by atoms with Crippen molar-refractivity contribution in [2.24, 2.45) is 0 Å². The average Bonchev–Trinajstić information content (AvgIpc) is 3.10. The zero-order valence-electron chi connectivity index (χ0n) is 19.5. The van der Waals surface area contributed by atoms with Crippen LogP contribution in [0.15, 0.2) is 72.8 Å². The number of ether oxygens (including phenoxy) is 2. The smallest absolute Gasteiger partial charge is 0.340 e. The third-order valence-corrected chi connectivity index (χ3v) is 6.35. The third-order valence-electron chi connectivity index (χ3n) is 6.35. The number of methoxy groups -OCH3 is 1. The van der Waals surface area contributed by atoms with E-state index >= 15 is 0 Å². The minimum absolute atomic E-state index is 0.100. The van der Waals surface area contributed by atoms with E-state index in [0.29, 0.717) is 24.1 Å². The summed E-state index contributed by atoms with van der Waals surface area (Å²) in [7, 11) is 1.36. The number of phenolic OH excluding ortho intramolecular Hbond substituents is 1. The summed E-state index contributed by atoms with van der Waals surface area (Å²) in [6.07, 6.45) is 0. The molecular formula is C28H29NO4. The Morgan fingerprint density at radius 1 is 0.970 bits per heavy atom. The molecule has 0 unspecified atom stereocenters. The van der Waals surface area contributed by atoms with Gasteiger partial charge >= 0.3 is 5.97 Å². The van der Waals surface area contributed by atoms with Crippen molar-refractivity contribution < 1.29 is 19.4 Å². The number of esters is 1. The van der Waals surface area contributed by atoms with Crippen LogP contribution in [0.5, 0.6) is 11.5 Å². The predicted molar refractivity (Wildman–Crippen MR) is 130 cm³/mol. The molecule has 0 saturated heterocycles. The highest BCUT2D eigenvalue weighted by Gasteiger charge is 2.23. The van der Waals surface area contributed by atoms with Crippen molar-refractivity contribution in [3.63, 3.8) is 0 Å². The Morgan fingerprint density at radius 3 is 2.30 bits per heavy atom. The normalized spacial score (nSPS) is 11.5. The van der Waals surface area contributed by atoms with Gasteiger partial charge in [-0.25, -0.2) is 4.79 Å². The van der Waals surface area contributed by atoms with Crippen LogP contribution in [0.25, 0.3) is 10.9 Å². The molecule has 1 N–H and O–H groups in total. The Balaban J connectivity index is 1.50. The lowest BCUT2D eigenvalue weighted by atomic mass is 9.78. The molecule has 0 aliphatic heterocycles. The van der Waals surface area contributed by atoms with Crippen LogP contribution >= 0.6 is 0 Å². The Morgan fingerprint density at radius 2 is 1.64 bits per heavy atom. The van der Waals surface area contributed by atoms with Gasteiger partial charge in [0.25, 0.3) is 0 Å². The maximum absolute atomic E-state index is 12.3. The number of rotatable bonds is 7. The molecule has 1 heterocycles. The van der Waals surface area contributed by atoms with Gasteiger partial charge in [0.05, 0.1) is 19.2 Å². The van der Waals surface area contributed by atoms with E-state index in [9.17, 15) is 9.90 Å². The Bertz CT molecular complexity index is 1270. The van der Waals surface area contributed by atoms with Crippen LogP contribution in [0.1, 0.15) is 41.0 Å². The van der Waals surface area contributed by atoms with Gasteiger partial charge in [-0.1, -0.05) is 56.3 Å². The molecular weight excluding hydrogens is 414 g/mol. The van der Waals surface area contributed by atoms with E-state index in [1.807, 2.05) is 35.8 Å². The Hall–Kier alpha value is -3.73. The van der Waals surface area contributed by atoms with Crippen LogP contribution in [0.3, 0.4) is 0 Å². The van der Waals surface area contributed by atoms with Gasteiger partial charge in [0.1, 0.15) is 18.1 Å². The van der Waals surface area contributed by atoms with Gasteiger partial charge in [-0.2, -0.15) is 0 Å². The minimum atomic E-state index is -0.417. The lowest BCUT2D eigenvalue weighted by molar-refractivity contribution is 0.0601. The van der Waals surface area contributed by atoms with Crippen molar-refractivity contribution in [2.45, 2.75) is 32.7 Å². The summed E-state index contributed by atoms with van der Waals surface area (Å²) in [5.41, 5.74) is 4.49. The minimum Gasteiger partial charge on any atom is -0.508 e. The topological polar surface area (TPSA) is 60.7 Å². The fourth-order valence-electron chi connectivity index (χ4n) is 4.36. The largest absolute Gasteiger partial charge is 0.508 e. The number of hydrogen-bond acceptors (Lipinski definition) is 4. The van der Waals surface area contributed by atoms with Crippen LogP contribution in [-0.2, 0) is 16.7 Å². The van der Waals surface area contributed by atoms with E-state index < -0.39 is 5.97 Å². The number of hydrogen-bond donors (Lipinski definition) is 1. The maximum Gasteiger partial charge on any atom is 0.340 e. The fourth-order valence-corrected chi connectivity index (χ4v) is 4.36. The van der Waals surface area contributed by atoms with Crippen LogP contribution in [0, 0.1) is 6.92 Å². The number of benzene rings is 3. The molecule has 0 aliphatic carbocycles. The molecule has 1 aromatic heterocycles. The first kappa shape index (κ1) is 22.5. The highest BCUT2D eigenvalue weighted by molar-refractivity contribution is 6.06. The average molecular weight is 444 g/mol. The second kappa shape index (κ2) is 9.02. The van der Waals surface area contributed by atoms with E-state index in [1.165, 1.54) is 18.2 Å². The van der Waals surface area contributed by atoms with Crippen molar-refractivity contribution in [3.8, 4) is 11.5 Å². The predicted octanol–water partition coefficient (Wildman–Crippen LogP) is 5.85. The van der Waals surface area contributed by atoms with Crippen molar-refractivity contribution >= 4 is 16.9 Å². The van der Waals surface area contributed by atoms with Gasteiger partial charge in [-0.3, -0.25) is 0 Å². The fraction of sp³-hybridized carbons (Fsp3) is 0.250. The first-order valence-corrected chi connectivity index (χ1v) is 11.0. The molecule has 170 valence electrons. The molecule has 4 aromatic rings. The molecule has 0 bridgehead atoms. The summed E-state index contributed by atoms with van der Waals surface area (Å²) >= 11 is 0. The Labute approximate surface area is 194 Å². The van der Waals surface area contributed by atoms with Crippen molar-refractivity contribution in [3.05, 3.63) is 95.2 Å². The summed E-state index contributed by atoms with van der Waals surface area (Å²) < 4.78 is 13.0. The van der Waals surface area contributed by atoms with Gasteiger partial charge in [0.2, 0.25) is 0 Å². The number of carbonyl (C=O) groups excluding carboxylic acids is 1. The SMILES string of the molecule is COC(=O)c1c(C)n(CCOc2ccc(C(C)(C)c3ccccc3)cc2)c2ccc(O)cc12. The van der Waals surface area contributed by atoms with Gasteiger partial charge in [-0.05, 0) is 48.4 Å². The first-order chi connectivity index (χ1) is 15.8. The van der Waals surface area contributed by atoms with Crippen LogP contribution < -0.4 is 4.74 Å².